The van der Waals surface area contributed by atoms with Crippen molar-refractivity contribution in [3.05, 3.63) is 29.7 Å². The van der Waals surface area contributed by atoms with Crippen LogP contribution < -0.4 is 4.90 Å². The molecule has 0 atom stereocenters. The molecule has 0 aromatic carbocycles. The lowest BCUT2D eigenvalue weighted by Crippen LogP contribution is -2.18. The molecule has 3 heterocycles. The van der Waals surface area contributed by atoms with Crippen LogP contribution in [0.5, 0.6) is 0 Å². The molecule has 5 heteroatoms. The zero-order valence-corrected chi connectivity index (χ0v) is 11.0. The van der Waals surface area contributed by atoms with Gasteiger partial charge >= 0.3 is 5.97 Å². The highest BCUT2D eigenvalue weighted by Gasteiger charge is 2.19. The summed E-state index contributed by atoms with van der Waals surface area (Å²) in [5.41, 5.74) is 2.72. The molecule has 0 aliphatic carbocycles. The number of hydrogen-bond acceptors (Lipinski definition) is 3. The number of hydrogen-bond donors (Lipinski definition) is 1. The summed E-state index contributed by atoms with van der Waals surface area (Å²) in [5.74, 6) is -0.914. The van der Waals surface area contributed by atoms with Crippen LogP contribution in [-0.2, 0) is 6.42 Å². The Morgan fingerprint density at radius 2 is 2.11 bits per heavy atom. The SMILES string of the molecule is CCc1nc2ccc(N3CCCC3)cn2c1C(=O)O. The van der Waals surface area contributed by atoms with E-state index in [0.717, 1.165) is 18.8 Å². The van der Waals surface area contributed by atoms with E-state index in [1.807, 2.05) is 25.3 Å². The van der Waals surface area contributed by atoms with Crippen molar-refractivity contribution in [3.63, 3.8) is 0 Å². The summed E-state index contributed by atoms with van der Waals surface area (Å²) >= 11 is 0. The third-order valence-corrected chi connectivity index (χ3v) is 3.68. The van der Waals surface area contributed by atoms with E-state index >= 15 is 0 Å². The highest BCUT2D eigenvalue weighted by Crippen LogP contribution is 2.23. The van der Waals surface area contributed by atoms with Crippen LogP contribution in [-0.4, -0.2) is 33.6 Å². The third kappa shape index (κ3) is 1.95. The first kappa shape index (κ1) is 12.0. The monoisotopic (exact) mass is 259 g/mol. The number of anilines is 1. The van der Waals surface area contributed by atoms with Crippen molar-refractivity contribution in [2.75, 3.05) is 18.0 Å². The van der Waals surface area contributed by atoms with E-state index in [0.29, 0.717) is 23.5 Å². The quantitative estimate of drug-likeness (QED) is 0.918. The van der Waals surface area contributed by atoms with Gasteiger partial charge in [-0.25, -0.2) is 9.78 Å². The fourth-order valence-electron chi connectivity index (χ4n) is 2.72. The first-order chi connectivity index (χ1) is 9.20. The number of pyridine rings is 1. The summed E-state index contributed by atoms with van der Waals surface area (Å²) in [6.45, 7) is 4.02. The maximum absolute atomic E-state index is 11.4. The molecular formula is C14H17N3O2. The van der Waals surface area contributed by atoms with Crippen molar-refractivity contribution < 1.29 is 9.90 Å². The standard InChI is InChI=1S/C14H17N3O2/c1-2-11-13(14(18)19)17-9-10(5-6-12(17)15-11)16-7-3-4-8-16/h5-6,9H,2-4,7-8H2,1H3,(H,18,19). The summed E-state index contributed by atoms with van der Waals surface area (Å²) in [4.78, 5) is 18.1. The number of imidazole rings is 1. The number of aromatic carboxylic acids is 1. The van der Waals surface area contributed by atoms with Gasteiger partial charge in [0.25, 0.3) is 0 Å². The van der Waals surface area contributed by atoms with Gasteiger partial charge in [0.05, 0.1) is 11.4 Å². The predicted molar refractivity (Wildman–Crippen MR) is 73.0 cm³/mol. The summed E-state index contributed by atoms with van der Waals surface area (Å²) < 4.78 is 1.70. The van der Waals surface area contributed by atoms with Crippen LogP contribution >= 0.6 is 0 Å². The van der Waals surface area contributed by atoms with E-state index in [1.54, 1.807) is 4.40 Å². The Bertz CT molecular complexity index is 627. The number of fused-ring (bicyclic) bond motifs is 1. The van der Waals surface area contributed by atoms with Crippen molar-refractivity contribution in [2.45, 2.75) is 26.2 Å². The first-order valence-corrected chi connectivity index (χ1v) is 6.70. The molecule has 2 aromatic heterocycles. The van der Waals surface area contributed by atoms with Crippen molar-refractivity contribution in [1.82, 2.24) is 9.38 Å². The molecule has 3 rings (SSSR count). The molecule has 0 bridgehead atoms. The minimum absolute atomic E-state index is 0.290. The molecule has 0 spiro atoms. The number of carbonyl (C=O) groups is 1. The molecule has 0 amide bonds. The summed E-state index contributed by atoms with van der Waals surface area (Å²) in [5, 5.41) is 9.37. The zero-order valence-electron chi connectivity index (χ0n) is 11.0. The van der Waals surface area contributed by atoms with Gasteiger partial charge in [-0.3, -0.25) is 4.40 Å². The fraction of sp³-hybridized carbons (Fsp3) is 0.429. The molecule has 1 saturated heterocycles. The molecule has 1 aliphatic rings. The van der Waals surface area contributed by atoms with Gasteiger partial charge < -0.3 is 10.0 Å². The van der Waals surface area contributed by atoms with Gasteiger partial charge in [0.1, 0.15) is 5.65 Å². The van der Waals surface area contributed by atoms with Crippen LogP contribution in [0, 0.1) is 0 Å². The molecule has 0 radical (unpaired) electrons. The van der Waals surface area contributed by atoms with Crippen LogP contribution in [0.2, 0.25) is 0 Å². The predicted octanol–water partition coefficient (Wildman–Crippen LogP) is 2.20. The fourth-order valence-corrected chi connectivity index (χ4v) is 2.72. The van der Waals surface area contributed by atoms with Gasteiger partial charge in [-0.15, -0.1) is 0 Å². The molecule has 0 unspecified atom stereocenters. The lowest BCUT2D eigenvalue weighted by Gasteiger charge is -2.17. The molecule has 1 N–H and O–H groups in total. The van der Waals surface area contributed by atoms with E-state index in [9.17, 15) is 9.90 Å². The maximum atomic E-state index is 11.4. The van der Waals surface area contributed by atoms with Crippen molar-refractivity contribution in [2.24, 2.45) is 0 Å². The van der Waals surface area contributed by atoms with Gasteiger partial charge in [0.15, 0.2) is 5.69 Å². The van der Waals surface area contributed by atoms with Gasteiger partial charge in [0, 0.05) is 19.3 Å². The number of rotatable bonds is 3. The number of aryl methyl sites for hydroxylation is 1. The first-order valence-electron chi connectivity index (χ1n) is 6.70. The number of aromatic nitrogens is 2. The average Bonchev–Trinajstić information content (AvgIpc) is 3.04. The molecule has 2 aromatic rings. The molecule has 100 valence electrons. The van der Waals surface area contributed by atoms with E-state index in [1.165, 1.54) is 12.8 Å². The molecule has 5 nitrogen and oxygen atoms in total. The average molecular weight is 259 g/mol. The van der Waals surface area contributed by atoms with Crippen molar-refractivity contribution in [3.8, 4) is 0 Å². The second-order valence-corrected chi connectivity index (χ2v) is 4.88. The lowest BCUT2D eigenvalue weighted by atomic mass is 10.2. The Kier molecular flexibility index (Phi) is 2.89. The second kappa shape index (κ2) is 4.57. The zero-order chi connectivity index (χ0) is 13.4. The topological polar surface area (TPSA) is 57.8 Å². The molecule has 1 fully saturated rings. The van der Waals surface area contributed by atoms with Crippen LogP contribution in [0.25, 0.3) is 5.65 Å². The Labute approximate surface area is 111 Å². The molecule has 0 saturated carbocycles. The van der Waals surface area contributed by atoms with E-state index in [2.05, 4.69) is 9.88 Å². The Morgan fingerprint density at radius 3 is 2.74 bits per heavy atom. The van der Waals surface area contributed by atoms with E-state index in [4.69, 9.17) is 0 Å². The third-order valence-electron chi connectivity index (χ3n) is 3.68. The minimum Gasteiger partial charge on any atom is -0.477 e. The maximum Gasteiger partial charge on any atom is 0.354 e. The van der Waals surface area contributed by atoms with Crippen LogP contribution in [0.3, 0.4) is 0 Å². The Balaban J connectivity index is 2.14. The summed E-state index contributed by atoms with van der Waals surface area (Å²) in [6.07, 6.45) is 4.93. The Morgan fingerprint density at radius 1 is 1.37 bits per heavy atom. The second-order valence-electron chi connectivity index (χ2n) is 4.88. The number of carboxylic acid groups (broad SMARTS) is 1. The smallest absolute Gasteiger partial charge is 0.354 e. The number of carboxylic acids is 1. The van der Waals surface area contributed by atoms with E-state index in [-0.39, 0.29) is 0 Å². The van der Waals surface area contributed by atoms with Gasteiger partial charge in [-0.1, -0.05) is 6.92 Å². The highest BCUT2D eigenvalue weighted by molar-refractivity contribution is 5.88. The minimum atomic E-state index is -0.914. The van der Waals surface area contributed by atoms with Gasteiger partial charge in [-0.05, 0) is 31.4 Å². The Hall–Kier alpha value is -2.04. The summed E-state index contributed by atoms with van der Waals surface area (Å²) in [6, 6.07) is 3.93. The van der Waals surface area contributed by atoms with Crippen molar-refractivity contribution in [1.29, 1.82) is 0 Å². The van der Waals surface area contributed by atoms with Crippen LogP contribution in [0.4, 0.5) is 5.69 Å². The van der Waals surface area contributed by atoms with Gasteiger partial charge in [0.2, 0.25) is 0 Å². The number of nitrogens with zero attached hydrogens (tertiary/aromatic N) is 3. The van der Waals surface area contributed by atoms with Gasteiger partial charge in [-0.2, -0.15) is 0 Å². The van der Waals surface area contributed by atoms with Crippen molar-refractivity contribution >= 4 is 17.3 Å². The molecule has 19 heavy (non-hydrogen) atoms. The normalized spacial score (nSPS) is 15.3. The highest BCUT2D eigenvalue weighted by atomic mass is 16.4. The molecular weight excluding hydrogens is 242 g/mol. The summed E-state index contributed by atoms with van der Waals surface area (Å²) in [7, 11) is 0. The van der Waals surface area contributed by atoms with E-state index < -0.39 is 5.97 Å². The lowest BCUT2D eigenvalue weighted by molar-refractivity contribution is 0.0688. The van der Waals surface area contributed by atoms with Crippen LogP contribution in [0.15, 0.2) is 18.3 Å². The largest absolute Gasteiger partial charge is 0.477 e. The molecule has 1 aliphatic heterocycles. The van der Waals surface area contributed by atoms with Crippen LogP contribution in [0.1, 0.15) is 35.9 Å².